The summed E-state index contributed by atoms with van der Waals surface area (Å²) in [6.07, 6.45) is 0.949. The van der Waals surface area contributed by atoms with E-state index >= 15 is 0 Å². The van der Waals surface area contributed by atoms with Gasteiger partial charge in [0, 0.05) is 13.1 Å². The Morgan fingerprint density at radius 1 is 0.931 bits per heavy atom. The van der Waals surface area contributed by atoms with Gasteiger partial charge in [0.05, 0.1) is 30.1 Å². The van der Waals surface area contributed by atoms with Crippen molar-refractivity contribution in [1.29, 1.82) is 0 Å². The third kappa shape index (κ3) is 4.56. The lowest BCUT2D eigenvalue weighted by molar-refractivity contribution is -0.145. The van der Waals surface area contributed by atoms with E-state index in [0.29, 0.717) is 12.1 Å². The van der Waals surface area contributed by atoms with Gasteiger partial charge in [0.15, 0.2) is 0 Å². The molecule has 0 saturated heterocycles. The summed E-state index contributed by atoms with van der Waals surface area (Å²) >= 11 is 0. The molecule has 0 bridgehead atoms. The van der Waals surface area contributed by atoms with Gasteiger partial charge in [-0.25, -0.2) is 9.59 Å². The van der Waals surface area contributed by atoms with Gasteiger partial charge in [0.2, 0.25) is 0 Å². The molecule has 0 unspecified atom stereocenters. The quantitative estimate of drug-likeness (QED) is 0.547. The van der Waals surface area contributed by atoms with Gasteiger partial charge < -0.3 is 9.47 Å². The van der Waals surface area contributed by atoms with E-state index in [1.165, 1.54) is 7.11 Å². The lowest BCUT2D eigenvalue weighted by atomic mass is 10.1. The first-order valence-electron chi connectivity index (χ1n) is 9.56. The van der Waals surface area contributed by atoms with Gasteiger partial charge >= 0.3 is 17.6 Å². The van der Waals surface area contributed by atoms with Crippen LogP contribution in [0.5, 0.6) is 0 Å². The highest BCUT2D eigenvalue weighted by atomic mass is 16.5. The summed E-state index contributed by atoms with van der Waals surface area (Å²) in [5, 5.41) is 0. The molecule has 29 heavy (non-hydrogen) atoms. The van der Waals surface area contributed by atoms with Crippen molar-refractivity contribution in [2.24, 2.45) is 0 Å². The third-order valence-corrected chi connectivity index (χ3v) is 4.69. The number of esters is 2. The second-order valence-corrected chi connectivity index (χ2v) is 6.67. The van der Waals surface area contributed by atoms with Gasteiger partial charge in [-0.05, 0) is 36.2 Å². The molecule has 0 fully saturated rings. The van der Waals surface area contributed by atoms with Crippen LogP contribution in [0.25, 0.3) is 11.0 Å². The SMILES string of the molecule is CCCn1c(=O)n(CCC(=O)OCc2ccc(C(=O)OC)cc2)c2ccccc21. The Morgan fingerprint density at radius 3 is 2.14 bits per heavy atom. The van der Waals surface area contributed by atoms with E-state index < -0.39 is 5.97 Å². The van der Waals surface area contributed by atoms with Crippen LogP contribution >= 0.6 is 0 Å². The number of hydrogen-bond acceptors (Lipinski definition) is 5. The molecule has 0 N–H and O–H groups in total. The fourth-order valence-electron chi connectivity index (χ4n) is 3.22. The normalized spacial score (nSPS) is 10.8. The zero-order chi connectivity index (χ0) is 20.8. The molecule has 2 aromatic carbocycles. The largest absolute Gasteiger partial charge is 0.465 e. The Balaban J connectivity index is 1.62. The molecular weight excluding hydrogens is 372 g/mol. The number of aryl methyl sites for hydroxylation is 2. The number of ether oxygens (including phenoxy) is 2. The van der Waals surface area contributed by atoms with Crippen LogP contribution < -0.4 is 5.69 Å². The average molecular weight is 396 g/mol. The van der Waals surface area contributed by atoms with Crippen LogP contribution in [0.2, 0.25) is 0 Å². The van der Waals surface area contributed by atoms with E-state index in [2.05, 4.69) is 4.74 Å². The number of carbonyl (C=O) groups is 2. The highest BCUT2D eigenvalue weighted by Crippen LogP contribution is 2.14. The molecule has 0 atom stereocenters. The minimum Gasteiger partial charge on any atom is -0.465 e. The van der Waals surface area contributed by atoms with Crippen LogP contribution in [-0.2, 0) is 34.0 Å². The molecule has 0 radical (unpaired) electrons. The van der Waals surface area contributed by atoms with Crippen LogP contribution in [-0.4, -0.2) is 28.2 Å². The van der Waals surface area contributed by atoms with Crippen molar-refractivity contribution in [3.63, 3.8) is 0 Å². The molecule has 0 aliphatic rings. The van der Waals surface area contributed by atoms with Crippen molar-refractivity contribution >= 4 is 23.0 Å². The van der Waals surface area contributed by atoms with E-state index in [0.717, 1.165) is 23.0 Å². The molecule has 0 aliphatic carbocycles. The number of imidazole rings is 1. The predicted octanol–water partition coefficient (Wildman–Crippen LogP) is 3.13. The van der Waals surface area contributed by atoms with E-state index in [4.69, 9.17) is 4.74 Å². The fourth-order valence-corrected chi connectivity index (χ4v) is 3.22. The molecular formula is C22H24N2O5. The second-order valence-electron chi connectivity index (χ2n) is 6.67. The number of nitrogens with zero attached hydrogens (tertiary/aromatic N) is 2. The molecule has 3 aromatic rings. The summed E-state index contributed by atoms with van der Waals surface area (Å²) in [7, 11) is 1.32. The van der Waals surface area contributed by atoms with Gasteiger partial charge in [-0.2, -0.15) is 0 Å². The fraction of sp³-hybridized carbons (Fsp3) is 0.318. The maximum absolute atomic E-state index is 12.7. The van der Waals surface area contributed by atoms with Crippen molar-refractivity contribution in [3.05, 3.63) is 70.1 Å². The van der Waals surface area contributed by atoms with Gasteiger partial charge in [-0.15, -0.1) is 0 Å². The Hall–Kier alpha value is -3.35. The number of benzene rings is 2. The smallest absolute Gasteiger partial charge is 0.337 e. The number of fused-ring (bicyclic) bond motifs is 1. The van der Waals surface area contributed by atoms with E-state index in [1.54, 1.807) is 33.4 Å². The topological polar surface area (TPSA) is 79.5 Å². The summed E-state index contributed by atoms with van der Waals surface area (Å²) in [5.74, 6) is -0.803. The summed E-state index contributed by atoms with van der Waals surface area (Å²) in [6, 6.07) is 14.2. The zero-order valence-electron chi connectivity index (χ0n) is 16.6. The molecule has 0 aliphatic heterocycles. The van der Waals surface area contributed by atoms with Crippen LogP contribution in [0, 0.1) is 0 Å². The number of carbonyl (C=O) groups excluding carboxylic acids is 2. The van der Waals surface area contributed by atoms with E-state index in [9.17, 15) is 14.4 Å². The molecule has 1 aromatic heterocycles. The maximum atomic E-state index is 12.7. The third-order valence-electron chi connectivity index (χ3n) is 4.69. The molecule has 1 heterocycles. The lowest BCUT2D eigenvalue weighted by Gasteiger charge is -2.07. The molecule has 0 amide bonds. The first-order valence-corrected chi connectivity index (χ1v) is 9.56. The van der Waals surface area contributed by atoms with Gasteiger partial charge in [-0.1, -0.05) is 31.2 Å². The standard InChI is InChI=1S/C22H24N2O5/c1-3-13-23-18-6-4-5-7-19(18)24(22(23)27)14-12-20(25)29-15-16-8-10-17(11-9-16)21(26)28-2/h4-11H,3,12-15H2,1-2H3. The van der Waals surface area contributed by atoms with E-state index in [-0.39, 0.29) is 31.2 Å². The van der Waals surface area contributed by atoms with Crippen LogP contribution in [0.3, 0.4) is 0 Å². The molecule has 3 rings (SSSR count). The minimum atomic E-state index is -0.416. The minimum absolute atomic E-state index is 0.0975. The molecule has 7 heteroatoms. The Morgan fingerprint density at radius 2 is 1.55 bits per heavy atom. The monoisotopic (exact) mass is 396 g/mol. The summed E-state index contributed by atoms with van der Waals surface area (Å²) in [5.41, 5.74) is 2.78. The Bertz CT molecular complexity index is 1060. The summed E-state index contributed by atoms with van der Waals surface area (Å²) < 4.78 is 13.3. The van der Waals surface area contributed by atoms with E-state index in [1.807, 2.05) is 31.2 Å². The van der Waals surface area contributed by atoms with Crippen LogP contribution in [0.4, 0.5) is 0 Å². The lowest BCUT2D eigenvalue weighted by Crippen LogP contribution is -2.25. The average Bonchev–Trinajstić information content (AvgIpc) is 3.02. The van der Waals surface area contributed by atoms with Gasteiger partial charge in [0.1, 0.15) is 6.61 Å². The van der Waals surface area contributed by atoms with Gasteiger partial charge in [0.25, 0.3) is 0 Å². The molecule has 0 saturated carbocycles. The van der Waals surface area contributed by atoms with Crippen molar-refractivity contribution < 1.29 is 19.1 Å². The maximum Gasteiger partial charge on any atom is 0.337 e. The first-order chi connectivity index (χ1) is 14.0. The predicted molar refractivity (Wildman–Crippen MR) is 109 cm³/mol. The number of rotatable bonds is 8. The molecule has 152 valence electrons. The Kier molecular flexibility index (Phi) is 6.49. The highest BCUT2D eigenvalue weighted by molar-refractivity contribution is 5.89. The number of aromatic nitrogens is 2. The Labute approximate surface area is 168 Å². The number of para-hydroxylation sites is 2. The first kappa shape index (κ1) is 20.4. The van der Waals surface area contributed by atoms with Gasteiger partial charge in [-0.3, -0.25) is 13.9 Å². The van der Waals surface area contributed by atoms with Crippen molar-refractivity contribution in [2.75, 3.05) is 7.11 Å². The van der Waals surface area contributed by atoms with Crippen molar-refractivity contribution in [1.82, 2.24) is 9.13 Å². The summed E-state index contributed by atoms with van der Waals surface area (Å²) in [6.45, 7) is 3.02. The zero-order valence-corrected chi connectivity index (χ0v) is 16.6. The van der Waals surface area contributed by atoms with Crippen molar-refractivity contribution in [2.45, 2.75) is 39.5 Å². The highest BCUT2D eigenvalue weighted by Gasteiger charge is 2.14. The molecule has 0 spiro atoms. The summed E-state index contributed by atoms with van der Waals surface area (Å²) in [4.78, 5) is 36.3. The van der Waals surface area contributed by atoms with Crippen LogP contribution in [0.15, 0.2) is 53.3 Å². The van der Waals surface area contributed by atoms with Crippen molar-refractivity contribution in [3.8, 4) is 0 Å². The molecule has 7 nitrogen and oxygen atoms in total. The number of hydrogen-bond donors (Lipinski definition) is 0. The number of methoxy groups -OCH3 is 1. The second kappa shape index (κ2) is 9.23. The van der Waals surface area contributed by atoms with Crippen LogP contribution in [0.1, 0.15) is 35.7 Å².